The molecule has 7 heteroatoms. The van der Waals surface area contributed by atoms with Gasteiger partial charge >= 0.3 is 0 Å². The summed E-state index contributed by atoms with van der Waals surface area (Å²) >= 11 is 0. The van der Waals surface area contributed by atoms with Gasteiger partial charge in [0.15, 0.2) is 0 Å². The van der Waals surface area contributed by atoms with Crippen molar-refractivity contribution in [3.63, 3.8) is 0 Å². The van der Waals surface area contributed by atoms with Gasteiger partial charge in [-0.25, -0.2) is 4.68 Å². The molecule has 1 aromatic rings. The van der Waals surface area contributed by atoms with Crippen LogP contribution in [0, 0.1) is 0 Å². The Morgan fingerprint density at radius 1 is 1.17 bits per heavy atom. The molecule has 1 heterocycles. The largest absolute Gasteiger partial charge is 0.382 e. The molecule has 0 aliphatic carbocycles. The summed E-state index contributed by atoms with van der Waals surface area (Å²) in [7, 11) is 1.62. The molecule has 1 aromatic heterocycles. The summed E-state index contributed by atoms with van der Waals surface area (Å²) in [5.74, 6) is 0.317. The Morgan fingerprint density at radius 3 is 2.56 bits per heavy atom. The second kappa shape index (κ2) is 8.62. The molecule has 2 N–H and O–H groups in total. The van der Waals surface area contributed by atoms with Crippen molar-refractivity contribution < 1.29 is 14.2 Å². The van der Waals surface area contributed by atoms with Crippen LogP contribution in [0.2, 0.25) is 0 Å². The van der Waals surface area contributed by atoms with Gasteiger partial charge in [0.2, 0.25) is 0 Å². The molecule has 7 nitrogen and oxygen atoms in total. The predicted molar refractivity (Wildman–Crippen MR) is 66.4 cm³/mol. The number of hydrogen-bond acceptors (Lipinski definition) is 6. The molecule has 102 valence electrons. The number of nitrogens with two attached hydrogens (primary N) is 1. The summed E-state index contributed by atoms with van der Waals surface area (Å²) < 4.78 is 16.6. The van der Waals surface area contributed by atoms with Gasteiger partial charge in [0.1, 0.15) is 5.82 Å². The number of methoxy groups -OCH3 is 1. The van der Waals surface area contributed by atoms with Crippen molar-refractivity contribution in [2.24, 2.45) is 0 Å². The molecule has 0 saturated heterocycles. The van der Waals surface area contributed by atoms with Gasteiger partial charge in [-0.2, -0.15) is 5.10 Å². The van der Waals surface area contributed by atoms with Crippen LogP contribution in [0.1, 0.15) is 0 Å². The zero-order valence-electron chi connectivity index (χ0n) is 10.5. The van der Waals surface area contributed by atoms with Gasteiger partial charge in [-0.05, 0) is 6.07 Å². The zero-order chi connectivity index (χ0) is 13.2. The highest BCUT2D eigenvalue weighted by molar-refractivity contribution is 5.23. The number of aromatic nitrogens is 2. The lowest BCUT2D eigenvalue weighted by molar-refractivity contribution is 0.0223. The van der Waals surface area contributed by atoms with Crippen LogP contribution in [0.4, 0.5) is 5.82 Å². The van der Waals surface area contributed by atoms with Crippen LogP contribution in [0.3, 0.4) is 0 Å². The molecule has 0 unspecified atom stereocenters. The number of anilines is 1. The van der Waals surface area contributed by atoms with Gasteiger partial charge in [0.05, 0.1) is 39.6 Å². The van der Waals surface area contributed by atoms with Gasteiger partial charge in [-0.15, -0.1) is 0 Å². The molecule has 0 aliphatic heterocycles. The van der Waals surface area contributed by atoms with Crippen LogP contribution >= 0.6 is 0 Å². The highest BCUT2D eigenvalue weighted by atomic mass is 16.5. The summed E-state index contributed by atoms with van der Waals surface area (Å²) in [6.45, 7) is 2.87. The third-order valence-electron chi connectivity index (χ3n) is 2.14. The second-order valence-corrected chi connectivity index (χ2v) is 3.54. The maximum Gasteiger partial charge on any atom is 0.266 e. The third kappa shape index (κ3) is 5.76. The maximum absolute atomic E-state index is 11.4. The van der Waals surface area contributed by atoms with E-state index in [1.165, 1.54) is 16.8 Å². The SMILES string of the molecule is COCCOCCOCCn1nc(N)ccc1=O. The van der Waals surface area contributed by atoms with Crippen molar-refractivity contribution in [3.05, 3.63) is 22.5 Å². The quantitative estimate of drug-likeness (QED) is 0.600. The van der Waals surface area contributed by atoms with Crippen molar-refractivity contribution in [3.8, 4) is 0 Å². The van der Waals surface area contributed by atoms with Crippen LogP contribution < -0.4 is 11.3 Å². The molecule has 0 fully saturated rings. The summed E-state index contributed by atoms with van der Waals surface area (Å²) in [6.07, 6.45) is 0. The Bertz CT molecular complexity index is 394. The lowest BCUT2D eigenvalue weighted by Crippen LogP contribution is -2.25. The molecule has 1 rings (SSSR count). The van der Waals surface area contributed by atoms with Gasteiger partial charge in [-0.3, -0.25) is 4.79 Å². The van der Waals surface area contributed by atoms with Crippen molar-refractivity contribution in [2.75, 3.05) is 45.9 Å². The first-order valence-electron chi connectivity index (χ1n) is 5.72. The summed E-state index contributed by atoms with van der Waals surface area (Å²) in [4.78, 5) is 11.4. The minimum atomic E-state index is -0.191. The standard InChI is InChI=1S/C11H19N3O4/c1-16-6-7-18-9-8-17-5-4-14-11(15)3-2-10(12)13-14/h2-3H,4-9H2,1H3,(H2,12,13). The van der Waals surface area contributed by atoms with Crippen LogP contribution in [-0.4, -0.2) is 49.9 Å². The van der Waals surface area contributed by atoms with E-state index in [4.69, 9.17) is 19.9 Å². The van der Waals surface area contributed by atoms with E-state index in [0.717, 1.165) is 0 Å². The minimum Gasteiger partial charge on any atom is -0.382 e. The molecule has 0 saturated carbocycles. The topological polar surface area (TPSA) is 88.6 Å². The van der Waals surface area contributed by atoms with Gasteiger partial charge < -0.3 is 19.9 Å². The maximum atomic E-state index is 11.4. The van der Waals surface area contributed by atoms with Crippen molar-refractivity contribution in [2.45, 2.75) is 6.54 Å². The monoisotopic (exact) mass is 257 g/mol. The average molecular weight is 257 g/mol. The summed E-state index contributed by atoms with van der Waals surface area (Å²) in [6, 6.07) is 2.86. The Hall–Kier alpha value is -1.44. The molecule has 0 aliphatic rings. The minimum absolute atomic E-state index is 0.191. The number of rotatable bonds is 9. The van der Waals surface area contributed by atoms with E-state index in [-0.39, 0.29) is 5.56 Å². The first-order valence-corrected chi connectivity index (χ1v) is 5.72. The normalized spacial score (nSPS) is 10.7. The van der Waals surface area contributed by atoms with Crippen LogP contribution in [0.25, 0.3) is 0 Å². The Kier molecular flexibility index (Phi) is 7.00. The zero-order valence-corrected chi connectivity index (χ0v) is 10.5. The van der Waals surface area contributed by atoms with Crippen LogP contribution in [-0.2, 0) is 20.8 Å². The van der Waals surface area contributed by atoms with E-state index in [1.54, 1.807) is 7.11 Å². The highest BCUT2D eigenvalue weighted by Crippen LogP contribution is 1.89. The van der Waals surface area contributed by atoms with Crippen molar-refractivity contribution in [1.29, 1.82) is 0 Å². The van der Waals surface area contributed by atoms with E-state index in [9.17, 15) is 4.79 Å². The lowest BCUT2D eigenvalue weighted by atomic mass is 10.5. The summed E-state index contributed by atoms with van der Waals surface area (Å²) in [5, 5.41) is 3.89. The van der Waals surface area contributed by atoms with Crippen molar-refractivity contribution >= 4 is 5.82 Å². The lowest BCUT2D eigenvalue weighted by Gasteiger charge is -2.07. The Balaban J connectivity index is 2.11. The van der Waals surface area contributed by atoms with Gasteiger partial charge in [-0.1, -0.05) is 0 Å². The smallest absolute Gasteiger partial charge is 0.266 e. The Morgan fingerprint density at radius 2 is 1.83 bits per heavy atom. The van der Waals surface area contributed by atoms with Crippen LogP contribution in [0.15, 0.2) is 16.9 Å². The molecule has 0 radical (unpaired) electrons. The summed E-state index contributed by atoms with van der Waals surface area (Å²) in [5.41, 5.74) is 5.29. The molecular formula is C11H19N3O4. The van der Waals surface area contributed by atoms with Crippen LogP contribution in [0.5, 0.6) is 0 Å². The highest BCUT2D eigenvalue weighted by Gasteiger charge is 1.98. The fourth-order valence-corrected chi connectivity index (χ4v) is 1.24. The number of ether oxygens (including phenoxy) is 3. The second-order valence-electron chi connectivity index (χ2n) is 3.54. The molecule has 0 spiro atoms. The third-order valence-corrected chi connectivity index (χ3v) is 2.14. The van der Waals surface area contributed by atoms with E-state index < -0.39 is 0 Å². The average Bonchev–Trinajstić information content (AvgIpc) is 2.36. The molecule has 18 heavy (non-hydrogen) atoms. The van der Waals surface area contributed by atoms with E-state index in [1.807, 2.05) is 0 Å². The molecule has 0 aromatic carbocycles. The van der Waals surface area contributed by atoms with E-state index in [0.29, 0.717) is 45.4 Å². The van der Waals surface area contributed by atoms with E-state index in [2.05, 4.69) is 5.10 Å². The number of hydrogen-bond donors (Lipinski definition) is 1. The predicted octanol–water partition coefficient (Wildman–Crippen LogP) is -0.495. The number of nitrogen functional groups attached to an aromatic ring is 1. The Labute approximate surface area is 105 Å². The fourth-order valence-electron chi connectivity index (χ4n) is 1.24. The molecule has 0 amide bonds. The van der Waals surface area contributed by atoms with Gasteiger partial charge in [0, 0.05) is 13.2 Å². The number of nitrogens with zero attached hydrogens (tertiary/aromatic N) is 2. The first-order chi connectivity index (χ1) is 8.74. The molecule has 0 atom stereocenters. The fraction of sp³-hybridized carbons (Fsp3) is 0.636. The van der Waals surface area contributed by atoms with Crippen molar-refractivity contribution in [1.82, 2.24) is 9.78 Å². The van der Waals surface area contributed by atoms with E-state index >= 15 is 0 Å². The molecule has 0 bridgehead atoms. The van der Waals surface area contributed by atoms with Gasteiger partial charge in [0.25, 0.3) is 5.56 Å². The molecular weight excluding hydrogens is 238 g/mol. The first kappa shape index (κ1) is 14.6.